The molecule has 6 heteroatoms. The van der Waals surface area contributed by atoms with Crippen LogP contribution in [0.2, 0.25) is 0 Å². The van der Waals surface area contributed by atoms with Crippen molar-refractivity contribution < 1.29 is 9.53 Å². The molecule has 0 fully saturated rings. The molecule has 1 rings (SSSR count). The maximum Gasteiger partial charge on any atom is 0.312 e. The smallest absolute Gasteiger partial charge is 0.312 e. The van der Waals surface area contributed by atoms with E-state index in [0.29, 0.717) is 17.3 Å². The molecule has 0 bridgehead atoms. The van der Waals surface area contributed by atoms with Crippen molar-refractivity contribution in [1.82, 2.24) is 9.55 Å². The molecule has 0 spiro atoms. The number of hydrogen-bond acceptors (Lipinski definition) is 4. The van der Waals surface area contributed by atoms with Crippen LogP contribution in [0.4, 0.5) is 0 Å². The number of aryl methyl sites for hydroxylation is 1. The molecule has 0 aliphatic heterocycles. The number of carbonyl (C=O) groups excluding carboxylic acids is 1. The van der Waals surface area contributed by atoms with Gasteiger partial charge in [-0.25, -0.2) is 0 Å². The average Bonchev–Trinajstić information content (AvgIpc) is 2.51. The largest absolute Gasteiger partial charge is 0.465 e. The number of aromatic amines is 1. The molecule has 1 atom stereocenters. The number of H-pyrrole nitrogens is 1. The number of carbonyl (C=O) groups is 1. The fourth-order valence-corrected chi connectivity index (χ4v) is 3.17. The molecule has 0 amide bonds. The molecule has 1 aromatic heterocycles. The highest BCUT2D eigenvalue weighted by atomic mass is 32.1. The SMILES string of the molecule is CC(C)CC(C)(C(=O)OCCCCCn1ccc(=O)[nH]c1=S)C(C)C. The molecule has 0 aliphatic carbocycles. The van der Waals surface area contributed by atoms with Crippen molar-refractivity contribution in [2.45, 2.75) is 66.8 Å². The Labute approximate surface area is 155 Å². The third-order valence-electron chi connectivity index (χ3n) is 4.75. The number of nitrogens with zero attached hydrogens (tertiary/aromatic N) is 1. The van der Waals surface area contributed by atoms with E-state index in [0.717, 1.165) is 32.2 Å². The molecular weight excluding hydrogens is 336 g/mol. The Morgan fingerprint density at radius 1 is 1.28 bits per heavy atom. The van der Waals surface area contributed by atoms with E-state index >= 15 is 0 Å². The van der Waals surface area contributed by atoms with Gasteiger partial charge in [-0.1, -0.05) is 27.7 Å². The molecule has 1 N–H and O–H groups in total. The van der Waals surface area contributed by atoms with Crippen LogP contribution >= 0.6 is 12.2 Å². The first-order valence-corrected chi connectivity index (χ1v) is 9.54. The number of esters is 1. The van der Waals surface area contributed by atoms with Gasteiger partial charge in [-0.05, 0) is 56.7 Å². The molecule has 0 aliphatic rings. The van der Waals surface area contributed by atoms with Crippen LogP contribution in [0.25, 0.3) is 0 Å². The molecule has 25 heavy (non-hydrogen) atoms. The zero-order valence-corrected chi connectivity index (χ0v) is 16.9. The third-order valence-corrected chi connectivity index (χ3v) is 5.08. The van der Waals surface area contributed by atoms with Crippen molar-refractivity contribution in [3.63, 3.8) is 0 Å². The van der Waals surface area contributed by atoms with Gasteiger partial charge in [-0.2, -0.15) is 0 Å². The lowest BCUT2D eigenvalue weighted by Crippen LogP contribution is -2.36. The van der Waals surface area contributed by atoms with Crippen molar-refractivity contribution >= 4 is 18.2 Å². The Kier molecular flexibility index (Phi) is 8.56. The molecule has 1 heterocycles. The number of rotatable bonds is 10. The first kappa shape index (κ1) is 21.6. The Hall–Kier alpha value is -1.43. The van der Waals surface area contributed by atoms with Crippen LogP contribution < -0.4 is 5.56 Å². The van der Waals surface area contributed by atoms with E-state index in [1.165, 1.54) is 6.07 Å². The lowest BCUT2D eigenvalue weighted by Gasteiger charge is -2.32. The second kappa shape index (κ2) is 9.90. The Morgan fingerprint density at radius 3 is 2.52 bits per heavy atom. The van der Waals surface area contributed by atoms with Crippen LogP contribution in [-0.4, -0.2) is 22.1 Å². The highest BCUT2D eigenvalue weighted by Gasteiger charge is 2.38. The van der Waals surface area contributed by atoms with E-state index < -0.39 is 5.41 Å². The summed E-state index contributed by atoms with van der Waals surface area (Å²) in [4.78, 5) is 26.2. The molecule has 0 aromatic carbocycles. The summed E-state index contributed by atoms with van der Waals surface area (Å²) < 4.78 is 7.84. The van der Waals surface area contributed by atoms with Crippen LogP contribution in [0.3, 0.4) is 0 Å². The van der Waals surface area contributed by atoms with Crippen LogP contribution in [0.1, 0.15) is 60.3 Å². The third kappa shape index (κ3) is 6.77. The lowest BCUT2D eigenvalue weighted by atomic mass is 9.73. The standard InChI is InChI=1S/C19H32N2O3S/c1-14(2)13-19(5,15(3)4)17(23)24-12-8-6-7-10-21-11-9-16(22)20-18(21)25/h9,11,14-15H,6-8,10,12-13H2,1-5H3,(H,20,22,25). The van der Waals surface area contributed by atoms with Gasteiger partial charge < -0.3 is 9.30 Å². The van der Waals surface area contributed by atoms with Gasteiger partial charge in [0.15, 0.2) is 4.77 Å². The molecule has 142 valence electrons. The number of unbranched alkanes of at least 4 members (excludes halogenated alkanes) is 2. The first-order chi connectivity index (χ1) is 11.7. The second-order valence-corrected chi connectivity index (χ2v) is 8.06. The van der Waals surface area contributed by atoms with Gasteiger partial charge in [0.25, 0.3) is 5.56 Å². The van der Waals surface area contributed by atoms with Crippen molar-refractivity contribution in [3.05, 3.63) is 27.4 Å². The molecule has 1 aromatic rings. The van der Waals surface area contributed by atoms with Crippen molar-refractivity contribution in [3.8, 4) is 0 Å². The maximum absolute atomic E-state index is 12.5. The van der Waals surface area contributed by atoms with E-state index in [-0.39, 0.29) is 17.4 Å². The number of ether oxygens (including phenoxy) is 1. The predicted molar refractivity (Wildman–Crippen MR) is 103 cm³/mol. The molecule has 0 radical (unpaired) electrons. The summed E-state index contributed by atoms with van der Waals surface area (Å²) in [7, 11) is 0. The zero-order valence-electron chi connectivity index (χ0n) is 16.1. The molecular formula is C19H32N2O3S. The molecule has 0 saturated carbocycles. The highest BCUT2D eigenvalue weighted by Crippen LogP contribution is 2.35. The van der Waals surface area contributed by atoms with Gasteiger partial charge in [0, 0.05) is 18.8 Å². The van der Waals surface area contributed by atoms with Crippen LogP contribution in [-0.2, 0) is 16.1 Å². The molecule has 5 nitrogen and oxygen atoms in total. The van der Waals surface area contributed by atoms with E-state index in [1.54, 1.807) is 6.20 Å². The highest BCUT2D eigenvalue weighted by molar-refractivity contribution is 7.71. The van der Waals surface area contributed by atoms with Gasteiger partial charge in [0.1, 0.15) is 0 Å². The normalized spacial score (nSPS) is 13.9. The minimum absolute atomic E-state index is 0.0842. The maximum atomic E-state index is 12.5. The summed E-state index contributed by atoms with van der Waals surface area (Å²) in [5.41, 5.74) is -0.597. The first-order valence-electron chi connectivity index (χ1n) is 9.14. The fraction of sp³-hybridized carbons (Fsp3) is 0.737. The number of aromatic nitrogens is 2. The Balaban J connectivity index is 2.35. The zero-order chi connectivity index (χ0) is 19.0. The summed E-state index contributed by atoms with van der Waals surface area (Å²) in [6.45, 7) is 11.6. The topological polar surface area (TPSA) is 64.1 Å². The average molecular weight is 369 g/mol. The summed E-state index contributed by atoms with van der Waals surface area (Å²) in [5.74, 6) is 0.630. The minimum Gasteiger partial charge on any atom is -0.465 e. The fourth-order valence-electron chi connectivity index (χ4n) is 2.91. The summed E-state index contributed by atoms with van der Waals surface area (Å²) in [6, 6.07) is 1.47. The van der Waals surface area contributed by atoms with Gasteiger partial charge in [0.2, 0.25) is 0 Å². The van der Waals surface area contributed by atoms with Crippen LogP contribution in [0.15, 0.2) is 17.1 Å². The molecule has 0 saturated heterocycles. The van der Waals surface area contributed by atoms with E-state index in [1.807, 2.05) is 11.5 Å². The lowest BCUT2D eigenvalue weighted by molar-refractivity contribution is -0.159. The second-order valence-electron chi connectivity index (χ2n) is 7.67. The van der Waals surface area contributed by atoms with E-state index in [2.05, 4.69) is 32.7 Å². The quantitative estimate of drug-likeness (QED) is 0.379. The van der Waals surface area contributed by atoms with Crippen LogP contribution in [0.5, 0.6) is 0 Å². The van der Waals surface area contributed by atoms with Gasteiger partial charge in [-0.15, -0.1) is 0 Å². The Bertz CT molecular complexity index is 663. The van der Waals surface area contributed by atoms with Gasteiger partial charge in [-0.3, -0.25) is 14.6 Å². The van der Waals surface area contributed by atoms with E-state index in [9.17, 15) is 9.59 Å². The van der Waals surface area contributed by atoms with Crippen molar-refractivity contribution in [2.24, 2.45) is 17.3 Å². The summed E-state index contributed by atoms with van der Waals surface area (Å²) in [6.07, 6.45) is 5.25. The van der Waals surface area contributed by atoms with Crippen molar-refractivity contribution in [2.75, 3.05) is 6.61 Å². The number of nitrogens with one attached hydrogen (secondary N) is 1. The monoisotopic (exact) mass is 368 g/mol. The van der Waals surface area contributed by atoms with Crippen molar-refractivity contribution in [1.29, 1.82) is 0 Å². The minimum atomic E-state index is -0.419. The van der Waals surface area contributed by atoms with E-state index in [4.69, 9.17) is 17.0 Å². The van der Waals surface area contributed by atoms with Gasteiger partial charge >= 0.3 is 5.97 Å². The number of hydrogen-bond donors (Lipinski definition) is 1. The molecule has 1 unspecified atom stereocenters. The Morgan fingerprint density at radius 2 is 1.96 bits per heavy atom. The van der Waals surface area contributed by atoms with Gasteiger partial charge in [0.05, 0.1) is 12.0 Å². The predicted octanol–water partition coefficient (Wildman–Crippen LogP) is 4.33. The summed E-state index contributed by atoms with van der Waals surface area (Å²) in [5, 5.41) is 0. The van der Waals surface area contributed by atoms with Crippen LogP contribution in [0, 0.1) is 22.0 Å². The summed E-state index contributed by atoms with van der Waals surface area (Å²) >= 11 is 5.11.